The number of aryl methyl sites for hydroxylation is 1. The summed E-state index contributed by atoms with van der Waals surface area (Å²) < 4.78 is 7.84. The maximum atomic E-state index is 12.8. The second-order valence-electron chi connectivity index (χ2n) is 7.87. The molecule has 6 heteroatoms. The van der Waals surface area contributed by atoms with Crippen LogP contribution in [0.3, 0.4) is 0 Å². The standard InChI is InChI=1S/C24H24N4O2/c29-24(26-20-12-18-8-4-5-9-22(18)30-16-20)21-15-28-14-19(10-11-23(28)27-21)25-13-17-6-2-1-3-7-17/h1-9,13,15,19-20H,10-12,14,16H2,(H,26,29)/t19?,20-/m1/s1. The second-order valence-corrected chi connectivity index (χ2v) is 7.87. The Balaban J connectivity index is 1.22. The van der Waals surface area contributed by atoms with Gasteiger partial charge in [-0.15, -0.1) is 0 Å². The third kappa shape index (κ3) is 3.99. The minimum atomic E-state index is -0.144. The van der Waals surface area contributed by atoms with E-state index in [0.29, 0.717) is 12.3 Å². The molecule has 0 aliphatic carbocycles. The van der Waals surface area contributed by atoms with E-state index in [1.807, 2.05) is 67.0 Å². The van der Waals surface area contributed by atoms with Crippen LogP contribution in [-0.4, -0.2) is 40.4 Å². The lowest BCUT2D eigenvalue weighted by molar-refractivity contribution is 0.0910. The van der Waals surface area contributed by atoms with Crippen LogP contribution in [0.15, 0.2) is 65.8 Å². The van der Waals surface area contributed by atoms with Gasteiger partial charge in [-0.3, -0.25) is 9.79 Å². The maximum absolute atomic E-state index is 12.8. The van der Waals surface area contributed by atoms with Crippen molar-refractivity contribution in [2.24, 2.45) is 4.99 Å². The minimum absolute atomic E-state index is 0.0469. The molecule has 3 aromatic rings. The molecule has 0 saturated heterocycles. The first-order valence-electron chi connectivity index (χ1n) is 10.4. The Labute approximate surface area is 175 Å². The van der Waals surface area contributed by atoms with Crippen LogP contribution in [0.1, 0.15) is 33.9 Å². The van der Waals surface area contributed by atoms with Crippen LogP contribution in [0.2, 0.25) is 0 Å². The number of carbonyl (C=O) groups is 1. The van der Waals surface area contributed by atoms with Crippen LogP contribution in [0.4, 0.5) is 0 Å². The van der Waals surface area contributed by atoms with E-state index in [2.05, 4.69) is 14.9 Å². The third-order valence-electron chi connectivity index (χ3n) is 5.65. The Morgan fingerprint density at radius 1 is 1.17 bits per heavy atom. The summed E-state index contributed by atoms with van der Waals surface area (Å²) in [5, 5.41) is 3.07. The molecular weight excluding hydrogens is 376 g/mol. The number of nitrogens with zero attached hydrogens (tertiary/aromatic N) is 3. The summed E-state index contributed by atoms with van der Waals surface area (Å²) in [6.45, 7) is 1.23. The van der Waals surface area contributed by atoms with Crippen molar-refractivity contribution in [1.82, 2.24) is 14.9 Å². The highest BCUT2D eigenvalue weighted by Crippen LogP contribution is 2.24. The van der Waals surface area contributed by atoms with Crippen molar-refractivity contribution >= 4 is 12.1 Å². The monoisotopic (exact) mass is 400 g/mol. The van der Waals surface area contributed by atoms with Crippen LogP contribution in [0.5, 0.6) is 5.75 Å². The van der Waals surface area contributed by atoms with Gasteiger partial charge in [0.05, 0.1) is 12.1 Å². The predicted molar refractivity (Wildman–Crippen MR) is 115 cm³/mol. The Kier molecular flexibility index (Phi) is 5.05. The van der Waals surface area contributed by atoms with Gasteiger partial charge in [0.2, 0.25) is 0 Å². The topological polar surface area (TPSA) is 68.5 Å². The Hall–Kier alpha value is -3.41. The highest BCUT2D eigenvalue weighted by Gasteiger charge is 2.25. The van der Waals surface area contributed by atoms with Gasteiger partial charge in [0.25, 0.3) is 5.91 Å². The van der Waals surface area contributed by atoms with E-state index >= 15 is 0 Å². The van der Waals surface area contributed by atoms with Crippen LogP contribution in [0.25, 0.3) is 0 Å². The fourth-order valence-electron chi connectivity index (χ4n) is 4.07. The van der Waals surface area contributed by atoms with Gasteiger partial charge >= 0.3 is 0 Å². The molecule has 3 heterocycles. The van der Waals surface area contributed by atoms with Crippen molar-refractivity contribution in [3.63, 3.8) is 0 Å². The van der Waals surface area contributed by atoms with E-state index in [9.17, 15) is 4.79 Å². The lowest BCUT2D eigenvalue weighted by Crippen LogP contribution is -2.42. The van der Waals surface area contributed by atoms with Crippen LogP contribution in [-0.2, 0) is 19.4 Å². The number of carbonyl (C=O) groups excluding carboxylic acids is 1. The summed E-state index contributed by atoms with van der Waals surface area (Å²) in [5.41, 5.74) is 2.69. The molecule has 30 heavy (non-hydrogen) atoms. The first kappa shape index (κ1) is 18.6. The Bertz CT molecular complexity index is 1070. The molecule has 0 fully saturated rings. The molecule has 1 unspecified atom stereocenters. The zero-order chi connectivity index (χ0) is 20.3. The number of aromatic nitrogens is 2. The lowest BCUT2D eigenvalue weighted by atomic mass is 10.0. The summed E-state index contributed by atoms with van der Waals surface area (Å²) in [6.07, 6.45) is 6.32. The molecule has 152 valence electrons. The van der Waals surface area contributed by atoms with Gasteiger partial charge < -0.3 is 14.6 Å². The molecule has 2 aromatic carbocycles. The highest BCUT2D eigenvalue weighted by atomic mass is 16.5. The molecule has 0 radical (unpaired) electrons. The number of nitrogens with one attached hydrogen (secondary N) is 1. The van der Waals surface area contributed by atoms with Crippen molar-refractivity contribution in [1.29, 1.82) is 0 Å². The molecular formula is C24H24N4O2. The van der Waals surface area contributed by atoms with E-state index in [0.717, 1.165) is 48.5 Å². The summed E-state index contributed by atoms with van der Waals surface area (Å²) in [4.78, 5) is 22.1. The maximum Gasteiger partial charge on any atom is 0.271 e. The van der Waals surface area contributed by atoms with Gasteiger partial charge in [-0.1, -0.05) is 48.5 Å². The van der Waals surface area contributed by atoms with Crippen LogP contribution < -0.4 is 10.1 Å². The number of para-hydroxylation sites is 1. The first-order chi connectivity index (χ1) is 14.7. The molecule has 2 aliphatic heterocycles. The van der Waals surface area contributed by atoms with E-state index in [4.69, 9.17) is 9.73 Å². The van der Waals surface area contributed by atoms with E-state index < -0.39 is 0 Å². The fraction of sp³-hybridized carbons (Fsp3) is 0.292. The quantitative estimate of drug-likeness (QED) is 0.685. The number of hydrogen-bond acceptors (Lipinski definition) is 4. The predicted octanol–water partition coefficient (Wildman–Crippen LogP) is 3.05. The summed E-state index contributed by atoms with van der Waals surface area (Å²) >= 11 is 0. The van der Waals surface area contributed by atoms with Crippen LogP contribution in [0, 0.1) is 0 Å². The molecule has 0 bridgehead atoms. The van der Waals surface area contributed by atoms with Gasteiger partial charge in [-0.25, -0.2) is 4.98 Å². The SMILES string of the molecule is O=C(N[C@H]1COc2ccccc2C1)c1cn2c(n1)CCC(N=Cc1ccccc1)C2. The number of aliphatic imine (C=N–C) groups is 1. The number of hydrogen-bond donors (Lipinski definition) is 1. The van der Waals surface area contributed by atoms with Crippen molar-refractivity contribution in [2.75, 3.05) is 6.61 Å². The molecule has 0 saturated carbocycles. The minimum Gasteiger partial charge on any atom is -0.491 e. The molecule has 6 nitrogen and oxygen atoms in total. The van der Waals surface area contributed by atoms with Gasteiger partial charge in [0.15, 0.2) is 0 Å². The smallest absolute Gasteiger partial charge is 0.271 e. The Morgan fingerprint density at radius 3 is 2.90 bits per heavy atom. The van der Waals surface area contributed by atoms with Crippen molar-refractivity contribution in [3.8, 4) is 5.75 Å². The zero-order valence-electron chi connectivity index (χ0n) is 16.7. The average Bonchev–Trinajstić information content (AvgIpc) is 3.22. The number of fused-ring (bicyclic) bond motifs is 2. The van der Waals surface area contributed by atoms with Crippen molar-refractivity contribution in [3.05, 3.63) is 83.4 Å². The molecule has 2 atom stereocenters. The fourth-order valence-corrected chi connectivity index (χ4v) is 4.07. The molecule has 1 aromatic heterocycles. The number of amides is 1. The molecule has 2 aliphatic rings. The van der Waals surface area contributed by atoms with E-state index in [1.54, 1.807) is 0 Å². The molecule has 0 spiro atoms. The zero-order valence-corrected chi connectivity index (χ0v) is 16.7. The van der Waals surface area contributed by atoms with E-state index in [1.165, 1.54) is 0 Å². The molecule has 1 amide bonds. The molecule has 5 rings (SSSR count). The first-order valence-corrected chi connectivity index (χ1v) is 10.4. The van der Waals surface area contributed by atoms with Crippen molar-refractivity contribution in [2.45, 2.75) is 37.9 Å². The Morgan fingerprint density at radius 2 is 2.00 bits per heavy atom. The van der Waals surface area contributed by atoms with Gasteiger partial charge in [-0.2, -0.15) is 0 Å². The number of ether oxygens (including phenoxy) is 1. The normalized spacial score (nSPS) is 20.3. The molecule has 1 N–H and O–H groups in total. The van der Waals surface area contributed by atoms with Gasteiger partial charge in [0.1, 0.15) is 23.9 Å². The summed E-state index contributed by atoms with van der Waals surface area (Å²) in [5.74, 6) is 1.72. The lowest BCUT2D eigenvalue weighted by Gasteiger charge is -2.25. The van der Waals surface area contributed by atoms with Gasteiger partial charge in [0, 0.05) is 25.4 Å². The average molecular weight is 400 g/mol. The largest absolute Gasteiger partial charge is 0.491 e. The highest BCUT2D eigenvalue weighted by molar-refractivity contribution is 5.92. The van der Waals surface area contributed by atoms with E-state index in [-0.39, 0.29) is 18.0 Å². The second kappa shape index (κ2) is 8.14. The van der Waals surface area contributed by atoms with Crippen molar-refractivity contribution < 1.29 is 9.53 Å². The number of imidazole rings is 1. The third-order valence-corrected chi connectivity index (χ3v) is 5.65. The summed E-state index contributed by atoms with van der Waals surface area (Å²) in [7, 11) is 0. The summed E-state index contributed by atoms with van der Waals surface area (Å²) in [6, 6.07) is 18.2. The number of benzene rings is 2. The van der Waals surface area contributed by atoms with Crippen LogP contribution >= 0.6 is 0 Å². The number of rotatable bonds is 4. The van der Waals surface area contributed by atoms with Gasteiger partial charge in [-0.05, 0) is 30.0 Å².